The SMILES string of the molecule is CCNCc1cc(S(=O)(=O)NCC2(CC)CC2)c[nH]1. The van der Waals surface area contributed by atoms with E-state index in [1.54, 1.807) is 12.3 Å². The Balaban J connectivity index is 1.97. The summed E-state index contributed by atoms with van der Waals surface area (Å²) in [6.45, 7) is 6.21. The second-order valence-electron chi connectivity index (χ2n) is 5.32. The molecule has 1 aromatic rings. The largest absolute Gasteiger partial charge is 0.363 e. The molecule has 0 unspecified atom stereocenters. The Bertz CT molecular complexity index is 518. The minimum Gasteiger partial charge on any atom is -0.363 e. The summed E-state index contributed by atoms with van der Waals surface area (Å²) >= 11 is 0. The second kappa shape index (κ2) is 5.64. The maximum absolute atomic E-state index is 12.2. The van der Waals surface area contributed by atoms with Crippen LogP contribution in [0.3, 0.4) is 0 Å². The fourth-order valence-electron chi connectivity index (χ4n) is 2.10. The lowest BCUT2D eigenvalue weighted by Crippen LogP contribution is -2.29. The van der Waals surface area contributed by atoms with Gasteiger partial charge in [0.25, 0.3) is 0 Å². The first kappa shape index (κ1) is 14.6. The maximum Gasteiger partial charge on any atom is 0.242 e. The van der Waals surface area contributed by atoms with Crippen LogP contribution < -0.4 is 10.0 Å². The predicted octanol–water partition coefficient (Wildman–Crippen LogP) is 1.59. The molecule has 6 heteroatoms. The molecule has 0 aromatic carbocycles. The van der Waals surface area contributed by atoms with Crippen molar-refractivity contribution in [3.05, 3.63) is 18.0 Å². The highest BCUT2D eigenvalue weighted by molar-refractivity contribution is 7.89. The fraction of sp³-hybridized carbons (Fsp3) is 0.692. The van der Waals surface area contributed by atoms with Gasteiger partial charge < -0.3 is 10.3 Å². The normalized spacial score (nSPS) is 17.6. The number of aromatic nitrogens is 1. The van der Waals surface area contributed by atoms with Gasteiger partial charge in [0.15, 0.2) is 0 Å². The Morgan fingerprint density at radius 2 is 2.11 bits per heavy atom. The van der Waals surface area contributed by atoms with Crippen molar-refractivity contribution in [1.29, 1.82) is 0 Å². The van der Waals surface area contributed by atoms with Gasteiger partial charge >= 0.3 is 0 Å². The van der Waals surface area contributed by atoms with Crippen LogP contribution in [0.25, 0.3) is 0 Å². The molecule has 2 rings (SSSR count). The minimum atomic E-state index is -3.38. The first-order chi connectivity index (χ1) is 9.01. The molecular formula is C13H23N3O2S. The summed E-state index contributed by atoms with van der Waals surface area (Å²) < 4.78 is 27.0. The first-order valence-corrected chi connectivity index (χ1v) is 8.37. The zero-order valence-electron chi connectivity index (χ0n) is 11.6. The molecule has 5 nitrogen and oxygen atoms in total. The molecule has 1 aliphatic carbocycles. The molecule has 1 saturated carbocycles. The standard InChI is InChI=1S/C13H23N3O2S/c1-3-13(5-6-13)10-16-19(17,18)12-7-11(15-9-12)8-14-4-2/h7,9,14-16H,3-6,8,10H2,1-2H3. The molecule has 0 spiro atoms. The summed E-state index contributed by atoms with van der Waals surface area (Å²) in [5.41, 5.74) is 1.11. The molecule has 19 heavy (non-hydrogen) atoms. The van der Waals surface area contributed by atoms with Crippen LogP contribution in [0.1, 0.15) is 38.8 Å². The van der Waals surface area contributed by atoms with Gasteiger partial charge in [-0.25, -0.2) is 13.1 Å². The van der Waals surface area contributed by atoms with E-state index in [2.05, 4.69) is 21.9 Å². The Kier molecular flexibility index (Phi) is 4.32. The Labute approximate surface area is 115 Å². The van der Waals surface area contributed by atoms with E-state index in [1.807, 2.05) is 6.92 Å². The third-order valence-corrected chi connectivity index (χ3v) is 5.32. The van der Waals surface area contributed by atoms with Crippen molar-refractivity contribution in [1.82, 2.24) is 15.0 Å². The lowest BCUT2D eigenvalue weighted by atomic mass is 10.1. The number of sulfonamides is 1. The summed E-state index contributed by atoms with van der Waals surface area (Å²) in [6, 6.07) is 1.69. The van der Waals surface area contributed by atoms with Crippen LogP contribution >= 0.6 is 0 Å². The smallest absolute Gasteiger partial charge is 0.242 e. The molecule has 1 aliphatic rings. The lowest BCUT2D eigenvalue weighted by molar-refractivity contribution is 0.475. The zero-order chi connectivity index (χ0) is 13.9. The molecule has 0 aliphatic heterocycles. The number of rotatable bonds is 8. The first-order valence-electron chi connectivity index (χ1n) is 6.89. The molecule has 1 heterocycles. The topological polar surface area (TPSA) is 74.0 Å². The van der Waals surface area contributed by atoms with Crippen molar-refractivity contribution >= 4 is 10.0 Å². The van der Waals surface area contributed by atoms with Crippen LogP contribution in [-0.2, 0) is 16.6 Å². The van der Waals surface area contributed by atoms with Crippen molar-refractivity contribution in [3.63, 3.8) is 0 Å². The molecule has 0 amide bonds. The van der Waals surface area contributed by atoms with E-state index >= 15 is 0 Å². The highest BCUT2D eigenvalue weighted by Crippen LogP contribution is 2.48. The Hall–Kier alpha value is -0.850. The third-order valence-electron chi connectivity index (χ3n) is 3.94. The van der Waals surface area contributed by atoms with Gasteiger partial charge in [-0.05, 0) is 37.3 Å². The monoisotopic (exact) mass is 285 g/mol. The van der Waals surface area contributed by atoms with Crippen LogP contribution in [0.15, 0.2) is 17.2 Å². The summed E-state index contributed by atoms with van der Waals surface area (Å²) in [4.78, 5) is 3.32. The van der Waals surface area contributed by atoms with Crippen molar-refractivity contribution in [2.45, 2.75) is 44.6 Å². The second-order valence-corrected chi connectivity index (χ2v) is 7.09. The maximum atomic E-state index is 12.2. The van der Waals surface area contributed by atoms with E-state index in [4.69, 9.17) is 0 Å². The van der Waals surface area contributed by atoms with E-state index in [1.165, 1.54) is 0 Å². The van der Waals surface area contributed by atoms with Gasteiger partial charge in [-0.3, -0.25) is 0 Å². The van der Waals surface area contributed by atoms with Crippen LogP contribution in [0, 0.1) is 5.41 Å². The van der Waals surface area contributed by atoms with Crippen LogP contribution in [0.4, 0.5) is 0 Å². The van der Waals surface area contributed by atoms with Gasteiger partial charge in [0.05, 0.1) is 4.90 Å². The minimum absolute atomic E-state index is 0.218. The molecule has 0 bridgehead atoms. The molecular weight excluding hydrogens is 262 g/mol. The van der Waals surface area contributed by atoms with Gasteiger partial charge in [0.2, 0.25) is 10.0 Å². The number of aromatic amines is 1. The van der Waals surface area contributed by atoms with E-state index < -0.39 is 10.0 Å². The lowest BCUT2D eigenvalue weighted by Gasteiger charge is -2.12. The van der Waals surface area contributed by atoms with E-state index in [0.717, 1.165) is 31.5 Å². The quantitative estimate of drug-likeness (QED) is 0.679. The number of hydrogen-bond acceptors (Lipinski definition) is 3. The molecule has 108 valence electrons. The molecule has 1 fully saturated rings. The number of H-pyrrole nitrogens is 1. The summed E-state index contributed by atoms with van der Waals surface area (Å²) in [6.07, 6.45) is 4.85. The predicted molar refractivity (Wildman–Crippen MR) is 75.3 cm³/mol. The van der Waals surface area contributed by atoms with E-state index in [9.17, 15) is 8.42 Å². The van der Waals surface area contributed by atoms with Gasteiger partial charge in [-0.15, -0.1) is 0 Å². The fourth-order valence-corrected chi connectivity index (χ4v) is 3.27. The number of nitrogens with one attached hydrogen (secondary N) is 3. The molecule has 1 aromatic heterocycles. The van der Waals surface area contributed by atoms with E-state index in [-0.39, 0.29) is 5.41 Å². The van der Waals surface area contributed by atoms with Gasteiger partial charge in [-0.1, -0.05) is 13.8 Å². The summed E-state index contributed by atoms with van der Waals surface area (Å²) in [5.74, 6) is 0. The third kappa shape index (κ3) is 3.58. The van der Waals surface area contributed by atoms with Crippen LogP contribution in [0.2, 0.25) is 0 Å². The van der Waals surface area contributed by atoms with Gasteiger partial charge in [-0.2, -0.15) is 0 Å². The van der Waals surface area contributed by atoms with Crippen LogP contribution in [0.5, 0.6) is 0 Å². The average molecular weight is 285 g/mol. The Morgan fingerprint density at radius 3 is 2.68 bits per heavy atom. The summed E-state index contributed by atoms with van der Waals surface area (Å²) in [7, 11) is -3.38. The average Bonchev–Trinajstić information content (AvgIpc) is 3.03. The van der Waals surface area contributed by atoms with E-state index in [0.29, 0.717) is 18.0 Å². The summed E-state index contributed by atoms with van der Waals surface area (Å²) in [5, 5.41) is 3.16. The van der Waals surface area contributed by atoms with Crippen molar-refractivity contribution in [2.75, 3.05) is 13.1 Å². The van der Waals surface area contributed by atoms with Gasteiger partial charge in [0.1, 0.15) is 0 Å². The number of hydrogen-bond donors (Lipinski definition) is 3. The van der Waals surface area contributed by atoms with Crippen molar-refractivity contribution in [2.24, 2.45) is 5.41 Å². The molecule has 0 saturated heterocycles. The highest BCUT2D eigenvalue weighted by atomic mass is 32.2. The molecule has 3 N–H and O–H groups in total. The van der Waals surface area contributed by atoms with Crippen molar-refractivity contribution in [3.8, 4) is 0 Å². The van der Waals surface area contributed by atoms with Crippen LogP contribution in [-0.4, -0.2) is 26.5 Å². The molecule has 0 atom stereocenters. The Morgan fingerprint density at radius 1 is 1.37 bits per heavy atom. The molecule has 0 radical (unpaired) electrons. The van der Waals surface area contributed by atoms with Crippen molar-refractivity contribution < 1.29 is 8.42 Å². The van der Waals surface area contributed by atoms with Gasteiger partial charge in [0, 0.05) is 25.0 Å². The zero-order valence-corrected chi connectivity index (χ0v) is 12.4. The highest BCUT2D eigenvalue weighted by Gasteiger charge is 2.41.